The number of carbonyl (C=O) groups is 1. The van der Waals surface area contributed by atoms with E-state index in [1.54, 1.807) is 0 Å². The van der Waals surface area contributed by atoms with E-state index in [2.05, 4.69) is 39.8 Å². The largest absolute Gasteiger partial charge is 0.505 e. The van der Waals surface area contributed by atoms with Crippen molar-refractivity contribution in [1.29, 1.82) is 0 Å². The van der Waals surface area contributed by atoms with Crippen LogP contribution < -0.4 is 0 Å². The number of ether oxygens (including phenoxy) is 1. The van der Waals surface area contributed by atoms with Gasteiger partial charge in [0.25, 0.3) is 0 Å². The van der Waals surface area contributed by atoms with Crippen LogP contribution in [-0.4, -0.2) is 17.9 Å². The Morgan fingerprint density at radius 2 is 2.06 bits per heavy atom. The lowest BCUT2D eigenvalue weighted by atomic mass is 9.61. The quantitative estimate of drug-likeness (QED) is 0.739. The van der Waals surface area contributed by atoms with Crippen LogP contribution in [0.4, 0.5) is 4.79 Å². The van der Waals surface area contributed by atoms with Crippen molar-refractivity contribution in [3.63, 3.8) is 0 Å². The first kappa shape index (κ1) is 13.8. The minimum Gasteiger partial charge on any atom is -0.450 e. The Morgan fingerprint density at radius 1 is 1.47 bits per heavy atom. The van der Waals surface area contributed by atoms with Crippen molar-refractivity contribution in [1.82, 2.24) is 0 Å². The molecule has 0 aromatic rings. The highest BCUT2D eigenvalue weighted by atomic mass is 16.7. The predicted octanol–water partition coefficient (Wildman–Crippen LogP) is 4.01. The van der Waals surface area contributed by atoms with Crippen LogP contribution in [0.5, 0.6) is 0 Å². The second-order valence-electron chi connectivity index (χ2n) is 6.02. The average Bonchev–Trinajstić information content (AvgIpc) is 2.11. The van der Waals surface area contributed by atoms with E-state index < -0.39 is 6.16 Å². The van der Waals surface area contributed by atoms with Gasteiger partial charge >= 0.3 is 6.16 Å². The van der Waals surface area contributed by atoms with Crippen LogP contribution in [0.1, 0.15) is 41.0 Å². The molecule has 1 rings (SSSR count). The highest BCUT2D eigenvalue weighted by Crippen LogP contribution is 2.48. The van der Waals surface area contributed by atoms with Crippen LogP contribution >= 0.6 is 0 Å². The fraction of sp³-hybridized carbons (Fsp3) is 0.643. The normalized spacial score (nSPS) is 25.0. The molecule has 1 aliphatic rings. The van der Waals surface area contributed by atoms with Gasteiger partial charge in [0.2, 0.25) is 0 Å². The topological polar surface area (TPSA) is 46.5 Å². The maximum Gasteiger partial charge on any atom is 0.505 e. The number of hydrogen-bond acceptors (Lipinski definition) is 2. The summed E-state index contributed by atoms with van der Waals surface area (Å²) < 4.78 is 4.85. The van der Waals surface area contributed by atoms with Crippen molar-refractivity contribution in [2.45, 2.75) is 41.0 Å². The zero-order valence-corrected chi connectivity index (χ0v) is 11.3. The Morgan fingerprint density at radius 3 is 2.47 bits per heavy atom. The first-order valence-corrected chi connectivity index (χ1v) is 5.89. The first-order valence-electron chi connectivity index (χ1n) is 5.89. The van der Waals surface area contributed by atoms with E-state index in [1.807, 2.05) is 6.92 Å². The Kier molecular flexibility index (Phi) is 3.70. The second-order valence-corrected chi connectivity index (χ2v) is 6.02. The molecule has 0 saturated heterocycles. The lowest BCUT2D eigenvalue weighted by Crippen LogP contribution is -2.40. The summed E-state index contributed by atoms with van der Waals surface area (Å²) in [5.74, 6) is 0. The van der Waals surface area contributed by atoms with Crippen LogP contribution in [0, 0.1) is 10.8 Å². The van der Waals surface area contributed by atoms with Crippen molar-refractivity contribution in [3.05, 3.63) is 23.3 Å². The first-order chi connectivity index (χ1) is 7.66. The summed E-state index contributed by atoms with van der Waals surface area (Å²) >= 11 is 0. The third kappa shape index (κ3) is 3.11. The van der Waals surface area contributed by atoms with Crippen LogP contribution in [0.2, 0.25) is 0 Å². The molecule has 1 N–H and O–H groups in total. The molecule has 3 heteroatoms. The summed E-state index contributed by atoms with van der Waals surface area (Å²) in [4.78, 5) is 10.6. The summed E-state index contributed by atoms with van der Waals surface area (Å²) in [5, 5.41) is 8.70. The van der Waals surface area contributed by atoms with Crippen LogP contribution in [0.25, 0.3) is 0 Å². The summed E-state index contributed by atoms with van der Waals surface area (Å²) in [6, 6.07) is 0. The van der Waals surface area contributed by atoms with Crippen LogP contribution in [0.15, 0.2) is 23.3 Å². The van der Waals surface area contributed by atoms with Gasteiger partial charge in [-0.15, -0.1) is 0 Å². The fourth-order valence-corrected chi connectivity index (χ4v) is 2.45. The Balaban J connectivity index is 3.05. The summed E-state index contributed by atoms with van der Waals surface area (Å²) in [6.07, 6.45) is 3.95. The minimum atomic E-state index is -1.20. The second kappa shape index (κ2) is 4.55. The molecule has 96 valence electrons. The molecule has 0 amide bonds. The molecular formula is C14H22O3. The highest BCUT2D eigenvalue weighted by Gasteiger charge is 2.42. The van der Waals surface area contributed by atoms with Gasteiger partial charge in [-0.2, -0.15) is 0 Å². The molecule has 1 aliphatic carbocycles. The molecule has 1 unspecified atom stereocenters. The van der Waals surface area contributed by atoms with Crippen LogP contribution in [0.3, 0.4) is 0 Å². The fourth-order valence-electron chi connectivity index (χ4n) is 2.45. The number of rotatable bonds is 2. The van der Waals surface area contributed by atoms with E-state index in [9.17, 15) is 4.79 Å². The summed E-state index contributed by atoms with van der Waals surface area (Å²) in [6.45, 7) is 10.7. The van der Waals surface area contributed by atoms with E-state index >= 15 is 0 Å². The van der Waals surface area contributed by atoms with Gasteiger partial charge in [-0.25, -0.2) is 4.79 Å². The monoisotopic (exact) mass is 238 g/mol. The Hall–Kier alpha value is -1.25. The molecule has 3 nitrogen and oxygen atoms in total. The van der Waals surface area contributed by atoms with Gasteiger partial charge in [-0.1, -0.05) is 44.1 Å². The molecule has 0 saturated carbocycles. The van der Waals surface area contributed by atoms with Gasteiger partial charge in [-0.05, 0) is 25.7 Å². The van der Waals surface area contributed by atoms with Crippen molar-refractivity contribution in [3.8, 4) is 0 Å². The summed E-state index contributed by atoms with van der Waals surface area (Å²) in [7, 11) is 0. The van der Waals surface area contributed by atoms with E-state index in [4.69, 9.17) is 9.84 Å². The lowest BCUT2D eigenvalue weighted by Gasteiger charge is -2.44. The average molecular weight is 238 g/mol. The van der Waals surface area contributed by atoms with Crippen molar-refractivity contribution in [2.24, 2.45) is 10.8 Å². The van der Waals surface area contributed by atoms with Gasteiger partial charge in [0, 0.05) is 5.41 Å². The third-order valence-corrected chi connectivity index (χ3v) is 3.52. The molecule has 0 aromatic carbocycles. The molecule has 17 heavy (non-hydrogen) atoms. The molecule has 0 bridgehead atoms. The zero-order valence-electron chi connectivity index (χ0n) is 11.3. The van der Waals surface area contributed by atoms with E-state index in [-0.39, 0.29) is 17.4 Å². The van der Waals surface area contributed by atoms with Crippen LogP contribution in [-0.2, 0) is 4.74 Å². The number of hydrogen-bond donors (Lipinski definition) is 1. The van der Waals surface area contributed by atoms with Crippen molar-refractivity contribution in [2.75, 3.05) is 6.61 Å². The smallest absolute Gasteiger partial charge is 0.450 e. The molecule has 0 fully saturated rings. The van der Waals surface area contributed by atoms with E-state index in [0.717, 1.165) is 6.42 Å². The van der Waals surface area contributed by atoms with Crippen molar-refractivity contribution >= 4 is 6.16 Å². The molecule has 0 spiro atoms. The Labute approximate surface area is 103 Å². The van der Waals surface area contributed by atoms with Gasteiger partial charge in [-0.3, -0.25) is 0 Å². The maximum absolute atomic E-state index is 10.6. The lowest BCUT2D eigenvalue weighted by molar-refractivity contribution is 0.0162. The standard InChI is InChI=1S/C14H22O3/c1-10-6-11(2)8-14(7-10,13(3,4)5)9-17-12(15)16/h6-7H,8-9H2,1-5H3,(H,15,16). The molecule has 0 radical (unpaired) electrons. The van der Waals surface area contributed by atoms with Gasteiger partial charge in [0.05, 0.1) is 0 Å². The minimum absolute atomic E-state index is 0.0424. The molecule has 0 heterocycles. The zero-order chi connectivity index (χ0) is 13.3. The molecule has 0 aromatic heterocycles. The summed E-state index contributed by atoms with van der Waals surface area (Å²) in [5.41, 5.74) is 2.17. The highest BCUT2D eigenvalue weighted by molar-refractivity contribution is 5.57. The van der Waals surface area contributed by atoms with Crippen molar-refractivity contribution < 1.29 is 14.6 Å². The van der Waals surface area contributed by atoms with E-state index in [1.165, 1.54) is 11.1 Å². The number of carboxylic acid groups (broad SMARTS) is 1. The molecule has 1 atom stereocenters. The van der Waals surface area contributed by atoms with Gasteiger partial charge in [0.1, 0.15) is 6.61 Å². The Bertz CT molecular complexity index is 371. The predicted molar refractivity (Wildman–Crippen MR) is 68.0 cm³/mol. The van der Waals surface area contributed by atoms with E-state index in [0.29, 0.717) is 0 Å². The van der Waals surface area contributed by atoms with Gasteiger partial charge in [0.15, 0.2) is 0 Å². The maximum atomic E-state index is 10.6. The third-order valence-electron chi connectivity index (χ3n) is 3.52. The SMILES string of the molecule is CC1=CC(COC(=O)O)(C(C)(C)C)CC(C)=C1. The molecule has 0 aliphatic heterocycles. The van der Waals surface area contributed by atoms with Gasteiger partial charge < -0.3 is 9.84 Å². The number of allylic oxidation sites excluding steroid dienone is 3. The molecular weight excluding hydrogens is 216 g/mol.